The summed E-state index contributed by atoms with van der Waals surface area (Å²) < 4.78 is 5.50. The van der Waals surface area contributed by atoms with E-state index in [1.807, 2.05) is 6.07 Å². The molecule has 0 spiro atoms. The first-order valence-corrected chi connectivity index (χ1v) is 7.56. The number of nitrogens with one attached hydrogen (secondary N) is 2. The topological polar surface area (TPSA) is 67.4 Å². The van der Waals surface area contributed by atoms with E-state index in [1.54, 1.807) is 19.1 Å². The molecule has 1 aliphatic heterocycles. The van der Waals surface area contributed by atoms with E-state index in [2.05, 4.69) is 10.6 Å². The Morgan fingerprint density at radius 2 is 2.05 bits per heavy atom. The van der Waals surface area contributed by atoms with Crippen molar-refractivity contribution in [1.82, 2.24) is 0 Å². The first kappa shape index (κ1) is 13.9. The molecule has 1 aliphatic carbocycles. The summed E-state index contributed by atoms with van der Waals surface area (Å²) in [5.74, 6) is 0.655. The average Bonchev–Trinajstić information content (AvgIpc) is 2.49. The summed E-state index contributed by atoms with van der Waals surface area (Å²) in [4.78, 5) is 23.8. The van der Waals surface area contributed by atoms with Gasteiger partial charge in [0.2, 0.25) is 5.91 Å². The highest BCUT2D eigenvalue weighted by molar-refractivity contribution is 5.99. The van der Waals surface area contributed by atoms with E-state index in [1.165, 1.54) is 6.42 Å². The second-order valence-electron chi connectivity index (χ2n) is 5.78. The highest BCUT2D eigenvalue weighted by Gasteiger charge is 2.25. The fourth-order valence-corrected chi connectivity index (χ4v) is 2.90. The number of anilines is 2. The summed E-state index contributed by atoms with van der Waals surface area (Å²) in [6.45, 7) is 1.71. The normalized spacial score (nSPS) is 22.0. The van der Waals surface area contributed by atoms with Gasteiger partial charge in [0.25, 0.3) is 5.91 Å². The zero-order valence-electron chi connectivity index (χ0n) is 12.1. The second kappa shape index (κ2) is 5.76. The minimum atomic E-state index is -0.486. The Balaban J connectivity index is 1.70. The van der Waals surface area contributed by atoms with E-state index in [0.29, 0.717) is 17.1 Å². The molecule has 1 unspecified atom stereocenters. The third kappa shape index (κ3) is 3.01. The van der Waals surface area contributed by atoms with Crippen LogP contribution in [-0.4, -0.2) is 17.9 Å². The van der Waals surface area contributed by atoms with Gasteiger partial charge in [0.1, 0.15) is 5.75 Å². The molecule has 0 aromatic heterocycles. The summed E-state index contributed by atoms with van der Waals surface area (Å²) >= 11 is 0. The number of fused-ring (bicyclic) bond motifs is 1. The predicted octanol–water partition coefficient (Wildman–Crippen LogP) is 2.92. The van der Waals surface area contributed by atoms with Crippen molar-refractivity contribution in [2.24, 2.45) is 5.92 Å². The molecular weight excluding hydrogens is 268 g/mol. The molecule has 1 aromatic carbocycles. The van der Waals surface area contributed by atoms with E-state index in [0.717, 1.165) is 25.7 Å². The maximum absolute atomic E-state index is 12.2. The summed E-state index contributed by atoms with van der Waals surface area (Å²) in [7, 11) is 0. The summed E-state index contributed by atoms with van der Waals surface area (Å²) in [5, 5.41) is 5.73. The fourth-order valence-electron chi connectivity index (χ4n) is 2.90. The zero-order valence-corrected chi connectivity index (χ0v) is 12.1. The van der Waals surface area contributed by atoms with Crippen molar-refractivity contribution < 1.29 is 14.3 Å². The molecule has 2 amide bonds. The lowest BCUT2D eigenvalue weighted by atomic mass is 9.88. The van der Waals surface area contributed by atoms with Crippen LogP contribution in [0.5, 0.6) is 5.75 Å². The van der Waals surface area contributed by atoms with Crippen LogP contribution >= 0.6 is 0 Å². The average molecular weight is 288 g/mol. The number of hydrogen-bond donors (Lipinski definition) is 2. The Kier molecular flexibility index (Phi) is 3.82. The van der Waals surface area contributed by atoms with Gasteiger partial charge in [-0.15, -0.1) is 0 Å². The van der Waals surface area contributed by atoms with Crippen LogP contribution in [-0.2, 0) is 9.59 Å². The van der Waals surface area contributed by atoms with Crippen molar-refractivity contribution in [3.63, 3.8) is 0 Å². The standard InChI is InChI=1S/C16H20N2O3/c1-10-15(19)18-13-9-12(7-8-14(13)21-10)17-16(20)11-5-3-2-4-6-11/h7-11H,2-6H2,1H3,(H,17,20)(H,18,19). The van der Waals surface area contributed by atoms with Gasteiger partial charge in [-0.25, -0.2) is 0 Å². The van der Waals surface area contributed by atoms with Gasteiger partial charge in [-0.3, -0.25) is 9.59 Å². The van der Waals surface area contributed by atoms with Gasteiger partial charge < -0.3 is 15.4 Å². The Hall–Kier alpha value is -2.04. The van der Waals surface area contributed by atoms with Crippen molar-refractivity contribution >= 4 is 23.2 Å². The largest absolute Gasteiger partial charge is 0.479 e. The Morgan fingerprint density at radius 3 is 2.81 bits per heavy atom. The molecule has 0 saturated heterocycles. The molecule has 0 bridgehead atoms. The fraction of sp³-hybridized carbons (Fsp3) is 0.500. The summed E-state index contributed by atoms with van der Waals surface area (Å²) in [5.41, 5.74) is 1.31. The summed E-state index contributed by atoms with van der Waals surface area (Å²) in [6, 6.07) is 5.34. The van der Waals surface area contributed by atoms with Crippen LogP contribution in [0.2, 0.25) is 0 Å². The van der Waals surface area contributed by atoms with Gasteiger partial charge in [-0.1, -0.05) is 19.3 Å². The van der Waals surface area contributed by atoms with E-state index in [4.69, 9.17) is 4.74 Å². The van der Waals surface area contributed by atoms with Crippen molar-refractivity contribution in [1.29, 1.82) is 0 Å². The highest BCUT2D eigenvalue weighted by Crippen LogP contribution is 2.32. The molecule has 1 heterocycles. The molecular formula is C16H20N2O3. The molecule has 112 valence electrons. The van der Waals surface area contributed by atoms with Gasteiger partial charge in [-0.05, 0) is 38.0 Å². The monoisotopic (exact) mass is 288 g/mol. The first-order chi connectivity index (χ1) is 10.1. The predicted molar refractivity (Wildman–Crippen MR) is 80.4 cm³/mol. The van der Waals surface area contributed by atoms with Crippen LogP contribution in [0.1, 0.15) is 39.0 Å². The van der Waals surface area contributed by atoms with E-state index in [-0.39, 0.29) is 17.7 Å². The molecule has 0 radical (unpaired) electrons. The first-order valence-electron chi connectivity index (χ1n) is 7.56. The number of rotatable bonds is 2. The lowest BCUT2D eigenvalue weighted by molar-refractivity contribution is -0.122. The molecule has 3 rings (SSSR count). The Labute approximate surface area is 124 Å². The lowest BCUT2D eigenvalue weighted by Crippen LogP contribution is -2.34. The SMILES string of the molecule is CC1Oc2ccc(NC(=O)C3CCCCC3)cc2NC1=O. The molecule has 21 heavy (non-hydrogen) atoms. The third-order valence-electron chi connectivity index (χ3n) is 4.15. The van der Waals surface area contributed by atoms with Gasteiger partial charge in [-0.2, -0.15) is 0 Å². The quantitative estimate of drug-likeness (QED) is 0.879. The lowest BCUT2D eigenvalue weighted by Gasteiger charge is -2.24. The number of carbonyl (C=O) groups excluding carboxylic acids is 2. The molecule has 2 aliphatic rings. The van der Waals surface area contributed by atoms with Gasteiger partial charge in [0.15, 0.2) is 6.10 Å². The second-order valence-corrected chi connectivity index (χ2v) is 5.78. The van der Waals surface area contributed by atoms with Crippen molar-refractivity contribution in [2.75, 3.05) is 10.6 Å². The van der Waals surface area contributed by atoms with Crippen LogP contribution < -0.4 is 15.4 Å². The zero-order chi connectivity index (χ0) is 14.8. The Morgan fingerprint density at radius 1 is 1.29 bits per heavy atom. The minimum Gasteiger partial charge on any atom is -0.479 e. The van der Waals surface area contributed by atoms with Crippen LogP contribution in [0.4, 0.5) is 11.4 Å². The van der Waals surface area contributed by atoms with Gasteiger partial charge in [0, 0.05) is 11.6 Å². The van der Waals surface area contributed by atoms with Crippen molar-refractivity contribution in [3.05, 3.63) is 18.2 Å². The van der Waals surface area contributed by atoms with Crippen molar-refractivity contribution in [3.8, 4) is 5.75 Å². The smallest absolute Gasteiger partial charge is 0.265 e. The molecule has 1 aromatic rings. The van der Waals surface area contributed by atoms with Crippen LogP contribution in [0.25, 0.3) is 0 Å². The van der Waals surface area contributed by atoms with Crippen LogP contribution in [0.3, 0.4) is 0 Å². The van der Waals surface area contributed by atoms with Gasteiger partial charge in [0.05, 0.1) is 5.69 Å². The van der Waals surface area contributed by atoms with E-state index in [9.17, 15) is 9.59 Å². The molecule has 2 N–H and O–H groups in total. The third-order valence-corrected chi connectivity index (χ3v) is 4.15. The number of hydrogen-bond acceptors (Lipinski definition) is 3. The maximum Gasteiger partial charge on any atom is 0.265 e. The number of ether oxygens (including phenoxy) is 1. The van der Waals surface area contributed by atoms with Crippen molar-refractivity contribution in [2.45, 2.75) is 45.1 Å². The molecule has 5 heteroatoms. The minimum absolute atomic E-state index is 0.0751. The Bertz CT molecular complexity index is 565. The molecule has 1 saturated carbocycles. The number of benzene rings is 1. The van der Waals surface area contributed by atoms with E-state index >= 15 is 0 Å². The molecule has 1 atom stereocenters. The maximum atomic E-state index is 12.2. The number of amides is 2. The number of carbonyl (C=O) groups is 2. The van der Waals surface area contributed by atoms with Crippen LogP contribution in [0, 0.1) is 5.92 Å². The summed E-state index contributed by atoms with van der Waals surface area (Å²) in [6.07, 6.45) is 4.93. The van der Waals surface area contributed by atoms with E-state index < -0.39 is 6.10 Å². The molecule has 1 fully saturated rings. The molecule has 5 nitrogen and oxygen atoms in total. The van der Waals surface area contributed by atoms with Gasteiger partial charge >= 0.3 is 0 Å². The highest BCUT2D eigenvalue weighted by atomic mass is 16.5. The van der Waals surface area contributed by atoms with Crippen LogP contribution in [0.15, 0.2) is 18.2 Å².